The van der Waals surface area contributed by atoms with Crippen molar-refractivity contribution in [3.63, 3.8) is 0 Å². The molecule has 0 aliphatic carbocycles. The van der Waals surface area contributed by atoms with E-state index in [4.69, 9.17) is 28.9 Å². The number of aromatic nitrogens is 1. The number of rotatable bonds is 5. The van der Waals surface area contributed by atoms with Crippen LogP contribution >= 0.6 is 23.2 Å². The maximum absolute atomic E-state index is 12.1. The van der Waals surface area contributed by atoms with Gasteiger partial charge in [-0.2, -0.15) is 0 Å². The van der Waals surface area contributed by atoms with Crippen LogP contribution in [0.2, 0.25) is 10.2 Å². The van der Waals surface area contributed by atoms with Crippen LogP contribution in [0.1, 0.15) is 37.7 Å². The van der Waals surface area contributed by atoms with Gasteiger partial charge in [0, 0.05) is 6.54 Å². The van der Waals surface area contributed by atoms with Crippen molar-refractivity contribution in [1.82, 2.24) is 10.3 Å². The van der Waals surface area contributed by atoms with Gasteiger partial charge in [0.15, 0.2) is 0 Å². The molecule has 1 unspecified atom stereocenters. The molecule has 0 spiro atoms. The van der Waals surface area contributed by atoms with E-state index in [-0.39, 0.29) is 11.1 Å². The molecule has 6 heteroatoms. The van der Waals surface area contributed by atoms with E-state index in [0.29, 0.717) is 23.2 Å². The SMILES string of the molecule is CC(C)CC(C)(CN)NC(=O)c1cc(Cl)c(Cl)[nH]1. The van der Waals surface area contributed by atoms with Gasteiger partial charge >= 0.3 is 0 Å². The van der Waals surface area contributed by atoms with Crippen molar-refractivity contribution in [2.75, 3.05) is 6.54 Å². The van der Waals surface area contributed by atoms with Gasteiger partial charge in [0.1, 0.15) is 10.8 Å². The lowest BCUT2D eigenvalue weighted by molar-refractivity contribution is 0.0893. The number of carbonyl (C=O) groups excluding carboxylic acids is 1. The zero-order chi connectivity index (χ0) is 13.9. The minimum atomic E-state index is -0.435. The van der Waals surface area contributed by atoms with Gasteiger partial charge in [0.2, 0.25) is 0 Å². The number of nitrogens with one attached hydrogen (secondary N) is 2. The smallest absolute Gasteiger partial charge is 0.268 e. The first kappa shape index (κ1) is 15.3. The van der Waals surface area contributed by atoms with Crippen molar-refractivity contribution in [1.29, 1.82) is 0 Å². The maximum atomic E-state index is 12.1. The molecule has 0 saturated carbocycles. The van der Waals surface area contributed by atoms with E-state index in [1.165, 1.54) is 6.07 Å². The average Bonchev–Trinajstić information content (AvgIpc) is 2.58. The Balaban J connectivity index is 2.79. The molecular formula is C12H19Cl2N3O. The van der Waals surface area contributed by atoms with Gasteiger partial charge in [-0.25, -0.2) is 0 Å². The van der Waals surface area contributed by atoms with Crippen LogP contribution in [0.3, 0.4) is 0 Å². The third-order valence-corrected chi connectivity index (χ3v) is 3.39. The first-order chi connectivity index (χ1) is 8.27. The number of nitrogens with two attached hydrogens (primary N) is 1. The molecule has 4 nitrogen and oxygen atoms in total. The molecule has 4 N–H and O–H groups in total. The summed E-state index contributed by atoms with van der Waals surface area (Å²) in [4.78, 5) is 14.8. The lowest BCUT2D eigenvalue weighted by atomic mass is 9.90. The molecule has 18 heavy (non-hydrogen) atoms. The molecule has 102 valence electrons. The van der Waals surface area contributed by atoms with Crippen LogP contribution in [-0.2, 0) is 0 Å². The summed E-state index contributed by atoms with van der Waals surface area (Å²) in [6.07, 6.45) is 0.803. The van der Waals surface area contributed by atoms with Gasteiger partial charge in [-0.1, -0.05) is 37.0 Å². The number of aromatic amines is 1. The van der Waals surface area contributed by atoms with Crippen LogP contribution in [0.15, 0.2) is 6.07 Å². The summed E-state index contributed by atoms with van der Waals surface area (Å²) in [5.41, 5.74) is 5.65. The summed E-state index contributed by atoms with van der Waals surface area (Å²) in [6.45, 7) is 6.47. The minimum Gasteiger partial charge on any atom is -0.344 e. The molecule has 0 aliphatic heterocycles. The number of H-pyrrole nitrogens is 1. The Hall–Kier alpha value is -0.710. The lowest BCUT2D eigenvalue weighted by Gasteiger charge is -2.31. The van der Waals surface area contributed by atoms with E-state index in [9.17, 15) is 4.79 Å². The molecule has 1 atom stereocenters. The maximum Gasteiger partial charge on any atom is 0.268 e. The van der Waals surface area contributed by atoms with Crippen LogP contribution < -0.4 is 11.1 Å². The molecule has 1 heterocycles. The van der Waals surface area contributed by atoms with E-state index >= 15 is 0 Å². The van der Waals surface area contributed by atoms with Crippen molar-refractivity contribution >= 4 is 29.1 Å². The molecule has 0 bridgehead atoms. The summed E-state index contributed by atoms with van der Waals surface area (Å²) >= 11 is 11.6. The van der Waals surface area contributed by atoms with Gasteiger partial charge in [0.25, 0.3) is 5.91 Å². The highest BCUT2D eigenvalue weighted by Crippen LogP contribution is 2.22. The zero-order valence-corrected chi connectivity index (χ0v) is 12.3. The number of halogens is 2. The number of carbonyl (C=O) groups is 1. The van der Waals surface area contributed by atoms with Gasteiger partial charge in [-0.3, -0.25) is 4.79 Å². The first-order valence-electron chi connectivity index (χ1n) is 5.84. The van der Waals surface area contributed by atoms with Crippen LogP contribution in [0, 0.1) is 5.92 Å². The Morgan fingerprint density at radius 2 is 2.17 bits per heavy atom. The Morgan fingerprint density at radius 1 is 1.56 bits per heavy atom. The monoisotopic (exact) mass is 291 g/mol. The van der Waals surface area contributed by atoms with Crippen LogP contribution in [0.5, 0.6) is 0 Å². The number of hydrogen-bond donors (Lipinski definition) is 3. The van der Waals surface area contributed by atoms with Crippen molar-refractivity contribution in [2.24, 2.45) is 11.7 Å². The Labute approximate surface area is 117 Å². The molecule has 0 radical (unpaired) electrons. The van der Waals surface area contributed by atoms with Crippen LogP contribution in [0.4, 0.5) is 0 Å². The quantitative estimate of drug-likeness (QED) is 0.781. The molecule has 1 rings (SSSR count). The van der Waals surface area contributed by atoms with Crippen LogP contribution in [-0.4, -0.2) is 23.0 Å². The van der Waals surface area contributed by atoms with E-state index in [2.05, 4.69) is 24.1 Å². The topological polar surface area (TPSA) is 70.9 Å². The fourth-order valence-corrected chi connectivity index (χ4v) is 2.27. The fraction of sp³-hybridized carbons (Fsp3) is 0.583. The predicted molar refractivity (Wildman–Crippen MR) is 75.2 cm³/mol. The molecule has 1 amide bonds. The highest BCUT2D eigenvalue weighted by molar-refractivity contribution is 6.41. The summed E-state index contributed by atoms with van der Waals surface area (Å²) in [6, 6.07) is 1.51. The molecule has 0 fully saturated rings. The lowest BCUT2D eigenvalue weighted by Crippen LogP contribution is -2.52. The highest BCUT2D eigenvalue weighted by Gasteiger charge is 2.27. The van der Waals surface area contributed by atoms with Crippen molar-refractivity contribution in [2.45, 2.75) is 32.7 Å². The van der Waals surface area contributed by atoms with Gasteiger partial charge in [0.05, 0.1) is 10.6 Å². The third-order valence-electron chi connectivity index (χ3n) is 2.69. The average molecular weight is 292 g/mol. The Bertz CT molecular complexity index is 411. The van der Waals surface area contributed by atoms with E-state index in [1.54, 1.807) is 0 Å². The zero-order valence-electron chi connectivity index (χ0n) is 10.8. The van der Waals surface area contributed by atoms with E-state index < -0.39 is 5.54 Å². The second-order valence-corrected chi connectivity index (χ2v) is 5.95. The fourth-order valence-electron chi connectivity index (χ4n) is 1.95. The second-order valence-electron chi connectivity index (χ2n) is 5.16. The molecular weight excluding hydrogens is 273 g/mol. The summed E-state index contributed by atoms with van der Waals surface area (Å²) in [7, 11) is 0. The first-order valence-corrected chi connectivity index (χ1v) is 6.59. The van der Waals surface area contributed by atoms with Crippen molar-refractivity contribution < 1.29 is 4.79 Å². The van der Waals surface area contributed by atoms with Gasteiger partial charge < -0.3 is 16.0 Å². The third kappa shape index (κ3) is 3.90. The molecule has 1 aromatic heterocycles. The Kier molecular flexibility index (Phi) is 5.08. The second kappa shape index (κ2) is 5.95. The summed E-state index contributed by atoms with van der Waals surface area (Å²) < 4.78 is 0. The van der Waals surface area contributed by atoms with Crippen molar-refractivity contribution in [3.8, 4) is 0 Å². The van der Waals surface area contributed by atoms with Crippen molar-refractivity contribution in [3.05, 3.63) is 21.9 Å². The number of amides is 1. The van der Waals surface area contributed by atoms with E-state index in [0.717, 1.165) is 6.42 Å². The molecule has 1 aromatic rings. The molecule has 0 aliphatic rings. The summed E-state index contributed by atoms with van der Waals surface area (Å²) in [5.74, 6) is 0.187. The van der Waals surface area contributed by atoms with Gasteiger partial charge in [-0.15, -0.1) is 0 Å². The number of hydrogen-bond acceptors (Lipinski definition) is 2. The Morgan fingerprint density at radius 3 is 2.56 bits per heavy atom. The normalized spacial score (nSPS) is 14.6. The predicted octanol–water partition coefficient (Wildman–Crippen LogP) is 2.81. The standard InChI is InChI=1S/C12H19Cl2N3O/c1-7(2)5-12(3,6-15)17-11(18)9-4-8(13)10(14)16-9/h4,7,16H,5-6,15H2,1-3H3,(H,17,18). The van der Waals surface area contributed by atoms with Crippen LogP contribution in [0.25, 0.3) is 0 Å². The molecule has 0 saturated heterocycles. The van der Waals surface area contributed by atoms with Gasteiger partial charge in [-0.05, 0) is 25.3 Å². The summed E-state index contributed by atoms with van der Waals surface area (Å²) in [5, 5.41) is 3.52. The molecule has 0 aromatic carbocycles. The largest absolute Gasteiger partial charge is 0.344 e. The minimum absolute atomic E-state index is 0.252. The highest BCUT2D eigenvalue weighted by atomic mass is 35.5. The van der Waals surface area contributed by atoms with E-state index in [1.807, 2.05) is 6.92 Å².